The fourth-order valence-corrected chi connectivity index (χ4v) is 3.51. The normalized spacial score (nSPS) is 17.8. The highest BCUT2D eigenvalue weighted by Crippen LogP contribution is 2.41. The predicted molar refractivity (Wildman–Crippen MR) is 87.3 cm³/mol. The van der Waals surface area contributed by atoms with Crippen molar-refractivity contribution >= 4 is 5.78 Å². The van der Waals surface area contributed by atoms with Crippen LogP contribution in [0.2, 0.25) is 0 Å². The zero-order valence-electron chi connectivity index (χ0n) is 13.6. The van der Waals surface area contributed by atoms with Crippen LogP contribution < -0.4 is 18.9 Å². The van der Waals surface area contributed by atoms with Crippen molar-refractivity contribution in [2.24, 2.45) is 5.92 Å². The molecule has 0 spiro atoms. The molecule has 0 N–H and O–H groups in total. The molecule has 5 heteroatoms. The van der Waals surface area contributed by atoms with Gasteiger partial charge in [-0.15, -0.1) is 0 Å². The molecule has 1 aliphatic carbocycles. The van der Waals surface area contributed by atoms with Gasteiger partial charge in [0.1, 0.15) is 0 Å². The van der Waals surface area contributed by atoms with Crippen LogP contribution in [0.5, 0.6) is 23.0 Å². The average molecular weight is 326 g/mol. The second-order valence-corrected chi connectivity index (χ2v) is 5.98. The Hall–Kier alpha value is -2.69. The number of Topliss-reactive ketones (excluding diaryl/α,β-unsaturated/α-hetero) is 1. The van der Waals surface area contributed by atoms with Gasteiger partial charge in [0.25, 0.3) is 0 Å². The molecule has 2 aromatic rings. The Morgan fingerprint density at radius 3 is 2.67 bits per heavy atom. The fourth-order valence-electron chi connectivity index (χ4n) is 3.51. The van der Waals surface area contributed by atoms with Crippen molar-refractivity contribution < 1.29 is 23.7 Å². The molecule has 1 atom stereocenters. The van der Waals surface area contributed by atoms with Crippen molar-refractivity contribution in [1.29, 1.82) is 0 Å². The quantitative estimate of drug-likeness (QED) is 0.864. The summed E-state index contributed by atoms with van der Waals surface area (Å²) >= 11 is 0. The second kappa shape index (κ2) is 5.74. The number of ketones is 1. The van der Waals surface area contributed by atoms with Crippen molar-refractivity contribution in [2.75, 3.05) is 21.0 Å². The Kier molecular flexibility index (Phi) is 3.56. The molecule has 2 aromatic carbocycles. The Morgan fingerprint density at radius 2 is 1.92 bits per heavy atom. The van der Waals surface area contributed by atoms with Gasteiger partial charge in [0, 0.05) is 11.5 Å². The number of rotatable bonds is 4. The molecule has 0 saturated heterocycles. The lowest BCUT2D eigenvalue weighted by Crippen LogP contribution is -2.13. The Labute approximate surface area is 140 Å². The van der Waals surface area contributed by atoms with E-state index in [0.29, 0.717) is 30.1 Å². The number of carbonyl (C=O) groups is 1. The molecule has 0 saturated carbocycles. The topological polar surface area (TPSA) is 54.0 Å². The van der Waals surface area contributed by atoms with Gasteiger partial charge in [-0.1, -0.05) is 12.1 Å². The number of fused-ring (bicyclic) bond motifs is 2. The van der Waals surface area contributed by atoms with Crippen LogP contribution in [0, 0.1) is 5.92 Å². The van der Waals surface area contributed by atoms with Crippen molar-refractivity contribution in [3.8, 4) is 23.0 Å². The largest absolute Gasteiger partial charge is 0.493 e. The number of para-hydroxylation sites is 1. The first-order valence-electron chi connectivity index (χ1n) is 7.88. The number of ether oxygens (including phenoxy) is 4. The fraction of sp³-hybridized carbons (Fsp3) is 0.316. The average Bonchev–Trinajstić information content (AvgIpc) is 3.17. The molecule has 0 aromatic heterocycles. The van der Waals surface area contributed by atoms with E-state index in [1.807, 2.05) is 30.3 Å². The number of carbonyl (C=O) groups excluding carboxylic acids is 1. The van der Waals surface area contributed by atoms with Crippen molar-refractivity contribution in [2.45, 2.75) is 12.8 Å². The molecule has 124 valence electrons. The van der Waals surface area contributed by atoms with Crippen LogP contribution >= 0.6 is 0 Å². The van der Waals surface area contributed by atoms with Gasteiger partial charge in [-0.2, -0.15) is 0 Å². The van der Waals surface area contributed by atoms with E-state index in [0.717, 1.165) is 22.4 Å². The van der Waals surface area contributed by atoms with Crippen LogP contribution in [0.25, 0.3) is 0 Å². The first-order valence-corrected chi connectivity index (χ1v) is 7.88. The van der Waals surface area contributed by atoms with Gasteiger partial charge >= 0.3 is 0 Å². The first kappa shape index (κ1) is 14.9. The van der Waals surface area contributed by atoms with Crippen molar-refractivity contribution in [1.82, 2.24) is 0 Å². The highest BCUT2D eigenvalue weighted by Gasteiger charge is 2.33. The minimum atomic E-state index is -0.108. The van der Waals surface area contributed by atoms with Gasteiger partial charge in [-0.3, -0.25) is 4.79 Å². The summed E-state index contributed by atoms with van der Waals surface area (Å²) in [7, 11) is 3.23. The maximum atomic E-state index is 12.8. The highest BCUT2D eigenvalue weighted by molar-refractivity contribution is 6.03. The zero-order valence-corrected chi connectivity index (χ0v) is 13.6. The van der Waals surface area contributed by atoms with Gasteiger partial charge in [-0.25, -0.2) is 0 Å². The van der Waals surface area contributed by atoms with E-state index in [1.54, 1.807) is 14.2 Å². The number of benzene rings is 2. The molecule has 0 fully saturated rings. The Balaban J connectivity index is 1.62. The Bertz CT molecular complexity index is 812. The SMILES string of the molecule is COc1cccc(CC2Cc3cc4c(cc3C2=O)OCO4)c1OC. The summed E-state index contributed by atoms with van der Waals surface area (Å²) in [6.45, 7) is 0.219. The van der Waals surface area contributed by atoms with Gasteiger partial charge in [0.05, 0.1) is 14.2 Å². The molecule has 5 nitrogen and oxygen atoms in total. The maximum Gasteiger partial charge on any atom is 0.231 e. The van der Waals surface area contributed by atoms with E-state index in [4.69, 9.17) is 18.9 Å². The van der Waals surface area contributed by atoms with E-state index in [-0.39, 0.29) is 18.5 Å². The summed E-state index contributed by atoms with van der Waals surface area (Å²) in [5.74, 6) is 2.79. The summed E-state index contributed by atoms with van der Waals surface area (Å²) in [6.07, 6.45) is 1.31. The molecular formula is C19H18O5. The third-order valence-electron chi connectivity index (χ3n) is 4.65. The predicted octanol–water partition coefficient (Wildman–Crippen LogP) is 3.03. The maximum absolute atomic E-state index is 12.8. The third-order valence-corrected chi connectivity index (χ3v) is 4.65. The molecular weight excluding hydrogens is 308 g/mol. The number of hydrogen-bond acceptors (Lipinski definition) is 5. The molecule has 1 unspecified atom stereocenters. The highest BCUT2D eigenvalue weighted by atomic mass is 16.7. The smallest absolute Gasteiger partial charge is 0.231 e. The van der Waals surface area contributed by atoms with Crippen LogP contribution in [0.1, 0.15) is 21.5 Å². The minimum Gasteiger partial charge on any atom is -0.493 e. The third kappa shape index (κ3) is 2.28. The molecule has 0 bridgehead atoms. The summed E-state index contributed by atoms with van der Waals surface area (Å²) in [6, 6.07) is 9.48. The lowest BCUT2D eigenvalue weighted by atomic mass is 9.95. The standard InChI is InChI=1S/C19H18O5/c1-21-15-5-3-4-11(19(15)22-2)6-13-7-12-8-16-17(24-10-23-16)9-14(12)18(13)20/h3-5,8-9,13H,6-7,10H2,1-2H3. The Morgan fingerprint density at radius 1 is 1.12 bits per heavy atom. The van der Waals surface area contributed by atoms with Crippen LogP contribution in [0.3, 0.4) is 0 Å². The number of hydrogen-bond donors (Lipinski definition) is 0. The lowest BCUT2D eigenvalue weighted by Gasteiger charge is -2.14. The summed E-state index contributed by atoms with van der Waals surface area (Å²) in [5, 5.41) is 0. The van der Waals surface area contributed by atoms with E-state index < -0.39 is 0 Å². The van der Waals surface area contributed by atoms with E-state index in [2.05, 4.69) is 0 Å². The molecule has 1 heterocycles. The zero-order chi connectivity index (χ0) is 16.7. The molecule has 4 rings (SSSR count). The monoisotopic (exact) mass is 326 g/mol. The summed E-state index contributed by atoms with van der Waals surface area (Å²) < 4.78 is 21.6. The molecule has 24 heavy (non-hydrogen) atoms. The molecule has 2 aliphatic rings. The second-order valence-electron chi connectivity index (χ2n) is 5.98. The van der Waals surface area contributed by atoms with Crippen molar-refractivity contribution in [3.05, 3.63) is 47.0 Å². The summed E-state index contributed by atoms with van der Waals surface area (Å²) in [4.78, 5) is 12.8. The van der Waals surface area contributed by atoms with Crippen molar-refractivity contribution in [3.63, 3.8) is 0 Å². The molecule has 0 radical (unpaired) electrons. The van der Waals surface area contributed by atoms with E-state index in [9.17, 15) is 4.79 Å². The molecule has 1 aliphatic heterocycles. The summed E-state index contributed by atoms with van der Waals surface area (Å²) in [5.41, 5.74) is 2.74. The minimum absolute atomic E-state index is 0.108. The number of methoxy groups -OCH3 is 2. The van der Waals surface area contributed by atoms with Gasteiger partial charge in [0.15, 0.2) is 28.8 Å². The van der Waals surface area contributed by atoms with E-state index in [1.165, 1.54) is 0 Å². The van der Waals surface area contributed by atoms with Crippen LogP contribution in [-0.2, 0) is 12.8 Å². The van der Waals surface area contributed by atoms with Crippen LogP contribution in [-0.4, -0.2) is 26.8 Å². The van der Waals surface area contributed by atoms with Gasteiger partial charge in [0.2, 0.25) is 6.79 Å². The van der Waals surface area contributed by atoms with Crippen LogP contribution in [0.15, 0.2) is 30.3 Å². The first-order chi connectivity index (χ1) is 11.7. The molecule has 0 amide bonds. The van der Waals surface area contributed by atoms with Gasteiger partial charge < -0.3 is 18.9 Å². The van der Waals surface area contributed by atoms with E-state index >= 15 is 0 Å². The lowest BCUT2D eigenvalue weighted by molar-refractivity contribution is 0.0935. The van der Waals surface area contributed by atoms with Gasteiger partial charge in [-0.05, 0) is 42.2 Å². The van der Waals surface area contributed by atoms with Crippen LogP contribution in [0.4, 0.5) is 0 Å².